The molecule has 0 aliphatic heterocycles. The zero-order valence-electron chi connectivity index (χ0n) is 13.4. The van der Waals surface area contributed by atoms with Gasteiger partial charge in [0.1, 0.15) is 5.78 Å². The van der Waals surface area contributed by atoms with E-state index < -0.39 is 13.4 Å². The third-order valence-corrected chi connectivity index (χ3v) is 5.20. The lowest BCUT2D eigenvalue weighted by Crippen LogP contribution is -2.21. The summed E-state index contributed by atoms with van der Waals surface area (Å²) in [6.07, 6.45) is 0. The molecule has 1 atom stereocenters. The molecule has 24 heavy (non-hydrogen) atoms. The highest BCUT2D eigenvalue weighted by Gasteiger charge is 2.30. The van der Waals surface area contributed by atoms with Crippen molar-refractivity contribution >= 4 is 18.4 Å². The average Bonchev–Trinajstić information content (AvgIpc) is 2.55. The highest BCUT2D eigenvalue weighted by molar-refractivity contribution is 7.52. The normalized spacial score (nSPS) is 13.1. The van der Waals surface area contributed by atoms with Crippen LogP contribution in [0.4, 0.5) is 0 Å². The molecule has 0 bridgehead atoms. The maximum absolute atomic E-state index is 12.0. The van der Waals surface area contributed by atoms with Crippen LogP contribution in [0.5, 0.6) is 0 Å². The van der Waals surface area contributed by atoms with Crippen molar-refractivity contribution in [3.63, 3.8) is 0 Å². The molecule has 0 saturated heterocycles. The van der Waals surface area contributed by atoms with Crippen molar-refractivity contribution in [1.82, 2.24) is 5.32 Å². The smallest absolute Gasteiger partial charge is 0.323 e. The maximum atomic E-state index is 12.0. The number of hydrogen-bond donors (Lipinski definition) is 3. The Hall–Kier alpha value is -1.97. The van der Waals surface area contributed by atoms with E-state index in [0.29, 0.717) is 12.1 Å². The summed E-state index contributed by atoms with van der Waals surface area (Å²) < 4.78 is 12.0. The van der Waals surface area contributed by atoms with Crippen molar-refractivity contribution in [1.29, 1.82) is 0 Å². The maximum Gasteiger partial charge on any atom is 0.346 e. The largest absolute Gasteiger partial charge is 0.346 e. The fourth-order valence-electron chi connectivity index (χ4n) is 2.73. The fraction of sp³-hybridized carbons (Fsp3) is 0.158. The molecule has 0 heterocycles. The Morgan fingerprint density at radius 3 is 2.29 bits per heavy atom. The molecule has 3 N–H and O–H groups in total. The number of aryl methyl sites for hydroxylation is 1. The Labute approximate surface area is 141 Å². The molecular weight excluding hydrogens is 321 g/mol. The van der Waals surface area contributed by atoms with Gasteiger partial charge in [-0.25, -0.2) is 0 Å². The first kappa shape index (κ1) is 16.9. The Morgan fingerprint density at radius 2 is 1.62 bits per heavy atom. The third-order valence-electron chi connectivity index (χ3n) is 4.05. The molecule has 3 rings (SSSR count). The van der Waals surface area contributed by atoms with Crippen molar-refractivity contribution < 1.29 is 14.4 Å². The zero-order valence-corrected chi connectivity index (χ0v) is 14.3. The lowest BCUT2D eigenvalue weighted by molar-refractivity contribution is 0.347. The van der Waals surface area contributed by atoms with E-state index in [1.165, 1.54) is 0 Å². The molecule has 0 aliphatic rings. The first-order valence-corrected chi connectivity index (χ1v) is 9.44. The van der Waals surface area contributed by atoms with E-state index in [1.807, 2.05) is 67.6 Å². The van der Waals surface area contributed by atoms with Gasteiger partial charge in [0.15, 0.2) is 0 Å². The van der Waals surface area contributed by atoms with Gasteiger partial charge in [-0.1, -0.05) is 66.2 Å². The molecule has 5 heteroatoms. The molecule has 0 aliphatic carbocycles. The van der Waals surface area contributed by atoms with Gasteiger partial charge in [-0.2, -0.15) is 0 Å². The van der Waals surface area contributed by atoms with E-state index >= 15 is 0 Å². The fourth-order valence-corrected chi connectivity index (χ4v) is 3.61. The van der Waals surface area contributed by atoms with Gasteiger partial charge in [0.2, 0.25) is 0 Å². The van der Waals surface area contributed by atoms with Crippen LogP contribution in [0.15, 0.2) is 66.7 Å². The quantitative estimate of drug-likeness (QED) is 0.611. The molecule has 3 aromatic carbocycles. The Morgan fingerprint density at radius 1 is 0.958 bits per heavy atom. The van der Waals surface area contributed by atoms with Crippen LogP contribution in [0, 0.1) is 6.92 Å². The summed E-state index contributed by atoms with van der Waals surface area (Å²) in [5.74, 6) is -1.02. The third kappa shape index (κ3) is 3.92. The second-order valence-electron chi connectivity index (χ2n) is 5.96. The molecule has 4 nitrogen and oxygen atoms in total. The topological polar surface area (TPSA) is 69.6 Å². The molecule has 124 valence electrons. The molecule has 3 aromatic rings. The summed E-state index contributed by atoms with van der Waals surface area (Å²) in [5, 5.41) is 5.02. The number of nitrogens with one attached hydrogen (secondary N) is 1. The van der Waals surface area contributed by atoms with Gasteiger partial charge >= 0.3 is 7.60 Å². The molecular formula is C19H20NO3P. The van der Waals surface area contributed by atoms with E-state index in [-0.39, 0.29) is 0 Å². The minimum absolute atomic E-state index is 0.392. The molecule has 0 fully saturated rings. The van der Waals surface area contributed by atoms with Crippen molar-refractivity contribution in [3.05, 3.63) is 83.4 Å². The van der Waals surface area contributed by atoms with Crippen LogP contribution >= 0.6 is 7.60 Å². The minimum atomic E-state index is -4.33. The van der Waals surface area contributed by atoms with E-state index in [9.17, 15) is 14.4 Å². The molecule has 0 unspecified atom stereocenters. The van der Waals surface area contributed by atoms with Gasteiger partial charge in [0.25, 0.3) is 0 Å². The van der Waals surface area contributed by atoms with Crippen LogP contribution < -0.4 is 5.32 Å². The van der Waals surface area contributed by atoms with Gasteiger partial charge in [-0.05, 0) is 34.9 Å². The summed E-state index contributed by atoms with van der Waals surface area (Å²) in [6.45, 7) is 2.40. The minimum Gasteiger partial charge on any atom is -0.323 e. The van der Waals surface area contributed by atoms with Crippen LogP contribution in [0.3, 0.4) is 0 Å². The van der Waals surface area contributed by atoms with Crippen LogP contribution in [-0.2, 0) is 11.1 Å². The number of rotatable bonds is 5. The lowest BCUT2D eigenvalue weighted by atomic mass is 10.1. The molecule has 0 saturated carbocycles. The Kier molecular flexibility index (Phi) is 4.83. The number of hydrogen-bond acceptors (Lipinski definition) is 2. The first-order chi connectivity index (χ1) is 11.4. The van der Waals surface area contributed by atoms with Crippen LogP contribution in [0.1, 0.15) is 22.5 Å². The van der Waals surface area contributed by atoms with Gasteiger partial charge < -0.3 is 9.79 Å². The van der Waals surface area contributed by atoms with Crippen molar-refractivity contribution in [2.75, 3.05) is 0 Å². The van der Waals surface area contributed by atoms with Gasteiger partial charge in [0, 0.05) is 6.54 Å². The predicted molar refractivity (Wildman–Crippen MR) is 96.8 cm³/mol. The van der Waals surface area contributed by atoms with Crippen molar-refractivity contribution in [3.8, 4) is 0 Å². The van der Waals surface area contributed by atoms with E-state index in [0.717, 1.165) is 21.9 Å². The van der Waals surface area contributed by atoms with E-state index in [4.69, 9.17) is 0 Å². The summed E-state index contributed by atoms with van der Waals surface area (Å²) >= 11 is 0. The second kappa shape index (κ2) is 6.88. The second-order valence-corrected chi connectivity index (χ2v) is 7.66. The summed E-state index contributed by atoms with van der Waals surface area (Å²) in [5.41, 5.74) is 2.73. The highest BCUT2D eigenvalue weighted by Crippen LogP contribution is 2.50. The zero-order chi connectivity index (χ0) is 17.2. The molecule has 0 aromatic heterocycles. The lowest BCUT2D eigenvalue weighted by Gasteiger charge is -2.21. The van der Waals surface area contributed by atoms with E-state index in [2.05, 4.69) is 5.32 Å². The first-order valence-electron chi connectivity index (χ1n) is 7.76. The standard InChI is InChI=1S/C19H20NO3P/c1-14-6-8-15(9-7-14)13-20-19(24(21,22)23)18-11-10-16-4-2-3-5-17(16)12-18/h2-12,19-20H,13H2,1H3,(H2,21,22,23)/t19-/m0/s1. The SMILES string of the molecule is Cc1ccc(CN[C@H](c2ccc3ccccc3c2)P(=O)(O)O)cc1. The van der Waals surface area contributed by atoms with Crippen LogP contribution in [-0.4, -0.2) is 9.79 Å². The van der Waals surface area contributed by atoms with Crippen LogP contribution in [0.2, 0.25) is 0 Å². The van der Waals surface area contributed by atoms with Gasteiger partial charge in [-0.15, -0.1) is 0 Å². The monoisotopic (exact) mass is 341 g/mol. The van der Waals surface area contributed by atoms with Crippen molar-refractivity contribution in [2.45, 2.75) is 19.3 Å². The van der Waals surface area contributed by atoms with Crippen molar-refractivity contribution in [2.24, 2.45) is 0 Å². The number of fused-ring (bicyclic) bond motifs is 1. The summed E-state index contributed by atoms with van der Waals surface area (Å²) in [4.78, 5) is 19.5. The predicted octanol–water partition coefficient (Wildman–Crippen LogP) is 4.11. The molecule has 0 spiro atoms. The Bertz CT molecular complexity index is 887. The van der Waals surface area contributed by atoms with Gasteiger partial charge in [0.05, 0.1) is 0 Å². The summed E-state index contributed by atoms with van der Waals surface area (Å²) in [6, 6.07) is 21.2. The highest BCUT2D eigenvalue weighted by atomic mass is 31.2. The number of benzene rings is 3. The molecule has 0 amide bonds. The summed E-state index contributed by atoms with van der Waals surface area (Å²) in [7, 11) is -4.33. The van der Waals surface area contributed by atoms with Gasteiger partial charge in [-0.3, -0.25) is 9.88 Å². The Balaban J connectivity index is 1.87. The molecule has 0 radical (unpaired) electrons. The average molecular weight is 341 g/mol. The van der Waals surface area contributed by atoms with E-state index in [1.54, 1.807) is 6.07 Å². The van der Waals surface area contributed by atoms with Crippen LogP contribution in [0.25, 0.3) is 10.8 Å².